The maximum atomic E-state index is 14.0. The molecule has 0 fully saturated rings. The first-order valence-corrected chi connectivity index (χ1v) is 18.3. The molecular weight excluding hydrogens is 753 g/mol. The number of Topliss-reactive ketones (excluding diaryl/α,β-unsaturated/α-hetero) is 1. The van der Waals surface area contributed by atoms with Crippen LogP contribution >= 0.6 is 0 Å². The smallest absolute Gasteiger partial charge is 0.311 e. The number of benzene rings is 4. The minimum absolute atomic E-state index is 0.116. The van der Waals surface area contributed by atoms with Crippen LogP contribution in [0.5, 0.6) is 0 Å². The summed E-state index contributed by atoms with van der Waals surface area (Å²) in [7, 11) is 3.96. The molecule has 1 unspecified atom stereocenters. The number of rotatable bonds is 9. The van der Waals surface area contributed by atoms with E-state index in [1.165, 1.54) is 33.2 Å². The zero-order valence-electron chi connectivity index (χ0n) is 34.1. The third-order valence-electron chi connectivity index (χ3n) is 11.0. The van der Waals surface area contributed by atoms with E-state index in [9.17, 15) is 41.8 Å². The topological polar surface area (TPSA) is 108 Å². The maximum absolute atomic E-state index is 14.0. The molecular formula is C46H46F4N2O6. The number of hydrogen-bond acceptors (Lipinski definition) is 5. The van der Waals surface area contributed by atoms with Crippen LogP contribution in [0.4, 0.5) is 17.6 Å². The van der Waals surface area contributed by atoms with Crippen molar-refractivity contribution >= 4 is 45.8 Å². The fraction of sp³-hybridized carbons (Fsp3) is 0.261. The van der Waals surface area contributed by atoms with E-state index >= 15 is 0 Å². The Morgan fingerprint density at radius 3 is 1.74 bits per heavy atom. The van der Waals surface area contributed by atoms with Crippen molar-refractivity contribution in [1.82, 2.24) is 9.13 Å². The van der Waals surface area contributed by atoms with E-state index in [1.54, 1.807) is 6.20 Å². The van der Waals surface area contributed by atoms with Crippen molar-refractivity contribution in [1.29, 1.82) is 0 Å². The van der Waals surface area contributed by atoms with Gasteiger partial charge in [-0.25, -0.2) is 17.6 Å². The first-order chi connectivity index (χ1) is 27.2. The molecule has 2 heterocycles. The molecule has 8 nitrogen and oxygen atoms in total. The van der Waals surface area contributed by atoms with Gasteiger partial charge in [0.2, 0.25) is 0 Å². The lowest BCUT2D eigenvalue weighted by atomic mass is 9.87. The highest BCUT2D eigenvalue weighted by atomic mass is 19.1. The summed E-state index contributed by atoms with van der Waals surface area (Å²) in [4.78, 5) is 45.7. The lowest BCUT2D eigenvalue weighted by Gasteiger charge is -2.16. The lowest BCUT2D eigenvalue weighted by molar-refractivity contribution is -0.138. The predicted molar refractivity (Wildman–Crippen MR) is 216 cm³/mol. The Hall–Kier alpha value is -6.30. The second-order valence-corrected chi connectivity index (χ2v) is 14.3. The van der Waals surface area contributed by atoms with Gasteiger partial charge in [-0.3, -0.25) is 19.2 Å². The fourth-order valence-electron chi connectivity index (χ4n) is 7.18. The van der Waals surface area contributed by atoms with Crippen LogP contribution in [0.15, 0.2) is 67.2 Å². The molecule has 0 aliphatic heterocycles. The quantitative estimate of drug-likeness (QED) is 0.0513. The zero-order chi connectivity index (χ0) is 43.3. The van der Waals surface area contributed by atoms with Crippen LogP contribution in [0.2, 0.25) is 0 Å². The normalized spacial score (nSPS) is 11.6. The van der Waals surface area contributed by atoms with Crippen molar-refractivity contribution in [3.63, 3.8) is 0 Å². The van der Waals surface area contributed by atoms with Crippen molar-refractivity contribution in [3.8, 4) is 0 Å². The zero-order valence-corrected chi connectivity index (χ0v) is 34.1. The van der Waals surface area contributed by atoms with Gasteiger partial charge in [0, 0.05) is 61.9 Å². The van der Waals surface area contributed by atoms with Gasteiger partial charge in [-0.2, -0.15) is 0 Å². The lowest BCUT2D eigenvalue weighted by Crippen LogP contribution is -2.17. The van der Waals surface area contributed by atoms with Crippen molar-refractivity contribution < 1.29 is 46.6 Å². The number of hydrogen-bond donors (Lipinski definition) is 1. The molecule has 0 bridgehead atoms. The van der Waals surface area contributed by atoms with E-state index in [4.69, 9.17) is 0 Å². The molecule has 304 valence electrons. The Bertz CT molecular complexity index is 2620. The number of carbonyl (C=O) groups is 4. The van der Waals surface area contributed by atoms with Crippen LogP contribution in [0, 0.1) is 78.7 Å². The van der Waals surface area contributed by atoms with E-state index in [1.807, 2.05) is 39.3 Å². The van der Waals surface area contributed by atoms with Gasteiger partial charge in [-0.1, -0.05) is 0 Å². The largest absolute Gasteiger partial charge is 0.481 e. The number of fused-ring (bicyclic) bond motifs is 2. The second kappa shape index (κ2) is 18.3. The van der Waals surface area contributed by atoms with Gasteiger partial charge in [-0.05, 0) is 136 Å². The summed E-state index contributed by atoms with van der Waals surface area (Å²) in [5, 5.41) is 12.1. The second-order valence-electron chi connectivity index (χ2n) is 14.3. The average molecular weight is 799 g/mol. The first-order valence-electron chi connectivity index (χ1n) is 18.3. The minimum atomic E-state index is -1.16. The highest BCUT2D eigenvalue weighted by molar-refractivity contribution is 6.04. The van der Waals surface area contributed by atoms with Gasteiger partial charge in [0.15, 0.2) is 11.6 Å². The Labute approximate surface area is 334 Å². The van der Waals surface area contributed by atoms with Crippen LogP contribution < -0.4 is 0 Å². The maximum Gasteiger partial charge on any atom is 0.311 e. The number of ether oxygens (including phenoxy) is 1. The summed E-state index contributed by atoms with van der Waals surface area (Å²) in [5.41, 5.74) is 12.1. The number of ketones is 2. The van der Waals surface area contributed by atoms with Gasteiger partial charge < -0.3 is 19.0 Å². The number of aliphatic carboxylic acids is 1. The molecule has 12 heteroatoms. The third kappa shape index (κ3) is 9.12. The molecule has 1 atom stereocenters. The molecule has 1 N–H and O–H groups in total. The summed E-state index contributed by atoms with van der Waals surface area (Å²) < 4.78 is 60.8. The molecule has 0 radical (unpaired) electrons. The molecule has 0 amide bonds. The molecule has 0 spiro atoms. The van der Waals surface area contributed by atoms with Crippen molar-refractivity contribution in [2.24, 2.45) is 14.1 Å². The molecule has 0 saturated carbocycles. The monoisotopic (exact) mass is 798 g/mol. The molecule has 0 saturated heterocycles. The third-order valence-corrected chi connectivity index (χ3v) is 11.0. The number of carbonyl (C=O) groups excluding carboxylic acids is 3. The van der Waals surface area contributed by atoms with E-state index in [2.05, 4.69) is 56.3 Å². The highest BCUT2D eigenvalue weighted by Crippen LogP contribution is 2.37. The van der Waals surface area contributed by atoms with Crippen molar-refractivity contribution in [2.75, 3.05) is 0 Å². The summed E-state index contributed by atoms with van der Waals surface area (Å²) in [6.45, 7) is 16.9. The molecule has 2 aromatic heterocycles. The van der Waals surface area contributed by atoms with E-state index in [-0.39, 0.29) is 17.6 Å². The fourth-order valence-corrected chi connectivity index (χ4v) is 7.18. The van der Waals surface area contributed by atoms with Crippen LogP contribution in [-0.4, -0.2) is 38.2 Å². The van der Waals surface area contributed by atoms with Gasteiger partial charge >= 0.3 is 5.97 Å². The van der Waals surface area contributed by atoms with Crippen LogP contribution in [-0.2, 0) is 28.4 Å². The van der Waals surface area contributed by atoms with Gasteiger partial charge in [0.1, 0.15) is 23.3 Å². The molecule has 6 rings (SSSR count). The van der Waals surface area contributed by atoms with Gasteiger partial charge in [-0.15, -0.1) is 0 Å². The Balaban J connectivity index is 0.000000215. The molecule has 0 aliphatic rings. The molecule has 0 aliphatic carbocycles. The average Bonchev–Trinajstić information content (AvgIpc) is 3.73. The van der Waals surface area contributed by atoms with Crippen LogP contribution in [0.1, 0.15) is 83.1 Å². The van der Waals surface area contributed by atoms with E-state index in [0.29, 0.717) is 17.7 Å². The standard InChI is InChI=1S/C23H23F2NO3.C13H17N.C10H6F2O3/c1-11-12(2)14(4)22-21(13(11)3)18(10-26(22)5)17(23(28)29)9-20(27)16-7-6-15(24)8-19(16)25;1-8-9(2)11(4)13-12(10(8)3)6-7-14(13)5;11-7-1-2-8(9(12)5-7)10(14)3-4-15-6-13/h6-8,10,17H,9H2,1-5H3,(H,28,29);6-7H,1-5H3;1-6H/b;;4-3+. The molecule has 6 aromatic rings. The van der Waals surface area contributed by atoms with Crippen molar-refractivity contribution in [2.45, 2.75) is 67.7 Å². The Kier molecular flexibility index (Phi) is 14.0. The van der Waals surface area contributed by atoms with Crippen molar-refractivity contribution in [3.05, 3.63) is 152 Å². The Morgan fingerprint density at radius 2 is 1.21 bits per heavy atom. The number of aromatic nitrogens is 2. The summed E-state index contributed by atoms with van der Waals surface area (Å²) >= 11 is 0. The van der Waals surface area contributed by atoms with Gasteiger partial charge in [0.05, 0.1) is 34.3 Å². The minimum Gasteiger partial charge on any atom is -0.481 e. The van der Waals surface area contributed by atoms with E-state index in [0.717, 1.165) is 69.8 Å². The number of carboxylic acid groups (broad SMARTS) is 1. The van der Waals surface area contributed by atoms with Crippen LogP contribution in [0.25, 0.3) is 21.8 Å². The summed E-state index contributed by atoms with van der Waals surface area (Å²) in [5.74, 6) is -7.21. The molecule has 58 heavy (non-hydrogen) atoms. The summed E-state index contributed by atoms with van der Waals surface area (Å²) in [6.07, 6.45) is 5.14. The van der Waals surface area contributed by atoms with Crippen LogP contribution in [0.3, 0.4) is 0 Å². The Morgan fingerprint density at radius 1 is 0.690 bits per heavy atom. The van der Waals surface area contributed by atoms with Gasteiger partial charge in [0.25, 0.3) is 6.47 Å². The first kappa shape index (κ1) is 44.4. The number of carboxylic acids is 1. The SMILES string of the molecule is Cc1c(C)c(C)c2c(c(C(CC(=O)c3ccc(F)cc3F)C(=O)O)cn2C)c1C.Cc1c(C)c(C)c2c(ccn2C)c1C.O=CO/C=C/C(=O)c1ccc(F)cc1F. The number of aryl methyl sites for hydroxylation is 6. The molecule has 4 aromatic carbocycles. The number of halogens is 4. The highest BCUT2D eigenvalue weighted by Gasteiger charge is 2.30. The number of allylic oxidation sites excluding steroid dienone is 1. The van der Waals surface area contributed by atoms with E-state index < -0.39 is 53.1 Å². The predicted octanol–water partition coefficient (Wildman–Crippen LogP) is 10.4. The summed E-state index contributed by atoms with van der Waals surface area (Å²) in [6, 6.07) is 7.46. The number of nitrogens with zero attached hydrogens (tertiary/aromatic N) is 2.